The number of hydrogen-bond acceptors (Lipinski definition) is 2. The molecule has 0 aliphatic carbocycles. The Balaban J connectivity index is 2.35. The van der Waals surface area contributed by atoms with Crippen LogP contribution in [0, 0.1) is 0 Å². The van der Waals surface area contributed by atoms with Crippen LogP contribution in [-0.4, -0.2) is 7.11 Å². The molecule has 2 heterocycles. The predicted molar refractivity (Wildman–Crippen MR) is 76.2 cm³/mol. The highest BCUT2D eigenvalue weighted by atomic mass is 32.1. The summed E-state index contributed by atoms with van der Waals surface area (Å²) in [6.45, 7) is 6.83. The fourth-order valence-electron chi connectivity index (χ4n) is 2.90. The molecule has 18 heavy (non-hydrogen) atoms. The smallest absolute Gasteiger partial charge is 0.263 e. The topological polar surface area (TPSA) is 13.1 Å². The summed E-state index contributed by atoms with van der Waals surface area (Å²) in [6, 6.07) is 6.34. The maximum Gasteiger partial charge on any atom is 0.263 e. The summed E-state index contributed by atoms with van der Waals surface area (Å²) < 4.78 is 9.12. The summed E-state index contributed by atoms with van der Waals surface area (Å²) in [5, 5.41) is 1.34. The normalized spacial score (nSPS) is 17.4. The van der Waals surface area contributed by atoms with Crippen molar-refractivity contribution in [3.63, 3.8) is 0 Å². The summed E-state index contributed by atoms with van der Waals surface area (Å²) in [5.74, 6) is 0.928. The van der Waals surface area contributed by atoms with Crippen molar-refractivity contribution >= 4 is 27.6 Å². The van der Waals surface area contributed by atoms with Gasteiger partial charge in [0.05, 0.1) is 13.2 Å². The van der Waals surface area contributed by atoms with Gasteiger partial charge in [0.2, 0.25) is 5.52 Å². The molecule has 2 nitrogen and oxygen atoms in total. The third-order valence-corrected chi connectivity index (χ3v) is 4.60. The number of fused-ring (bicyclic) bond motifs is 3. The lowest BCUT2D eigenvalue weighted by atomic mass is 9.92. The second kappa shape index (κ2) is 3.82. The Morgan fingerprint density at radius 3 is 2.83 bits per heavy atom. The van der Waals surface area contributed by atoms with Crippen LogP contribution < -0.4 is 9.30 Å². The van der Waals surface area contributed by atoms with Crippen LogP contribution in [0.5, 0.6) is 5.75 Å². The second-order valence-corrected chi connectivity index (χ2v) is 6.65. The van der Waals surface area contributed by atoms with E-state index >= 15 is 0 Å². The molecule has 0 spiro atoms. The highest BCUT2D eigenvalue weighted by Crippen LogP contribution is 2.34. The average molecular weight is 260 g/mol. The minimum Gasteiger partial charge on any atom is -0.497 e. The van der Waals surface area contributed by atoms with Gasteiger partial charge in [-0.25, -0.2) is 0 Å². The molecule has 0 amide bonds. The van der Waals surface area contributed by atoms with Gasteiger partial charge < -0.3 is 4.74 Å². The van der Waals surface area contributed by atoms with Gasteiger partial charge in [0.25, 0.3) is 5.01 Å². The Kier molecular flexibility index (Phi) is 2.49. The Labute approximate surface area is 112 Å². The fraction of sp³-hybridized carbons (Fsp3) is 0.400. The molecule has 0 bridgehead atoms. The molecule has 94 valence electrons. The van der Waals surface area contributed by atoms with Crippen molar-refractivity contribution in [1.29, 1.82) is 0 Å². The van der Waals surface area contributed by atoms with E-state index in [1.54, 1.807) is 7.11 Å². The van der Waals surface area contributed by atoms with E-state index in [4.69, 9.17) is 4.74 Å². The van der Waals surface area contributed by atoms with Crippen molar-refractivity contribution in [1.82, 2.24) is 0 Å². The van der Waals surface area contributed by atoms with Crippen LogP contribution in [0.3, 0.4) is 0 Å². The molecule has 0 saturated heterocycles. The minimum atomic E-state index is 0.138. The standard InChI is InChI=1S/C15H18NOS/c1-10-7-14-16(15(2,3)9-10)12-8-11(17-4)5-6-13(12)18-14/h5-8H,9H2,1-4H3/q+1. The number of rotatable bonds is 1. The monoisotopic (exact) mass is 260 g/mol. The van der Waals surface area contributed by atoms with Crippen LogP contribution >= 0.6 is 11.3 Å². The first-order chi connectivity index (χ1) is 8.51. The molecule has 1 aliphatic heterocycles. The second-order valence-electron chi connectivity index (χ2n) is 5.59. The highest BCUT2D eigenvalue weighted by molar-refractivity contribution is 7.18. The Morgan fingerprint density at radius 2 is 2.11 bits per heavy atom. The molecule has 0 radical (unpaired) electrons. The summed E-state index contributed by atoms with van der Waals surface area (Å²) in [6.07, 6.45) is 3.41. The van der Waals surface area contributed by atoms with E-state index in [1.165, 1.54) is 20.8 Å². The van der Waals surface area contributed by atoms with E-state index in [1.807, 2.05) is 17.4 Å². The van der Waals surface area contributed by atoms with Crippen molar-refractivity contribution < 1.29 is 9.30 Å². The zero-order valence-electron chi connectivity index (χ0n) is 11.3. The van der Waals surface area contributed by atoms with Crippen LogP contribution in [0.2, 0.25) is 0 Å². The van der Waals surface area contributed by atoms with Crippen molar-refractivity contribution in [2.75, 3.05) is 7.11 Å². The summed E-state index contributed by atoms with van der Waals surface area (Å²) >= 11 is 1.86. The first-order valence-corrected chi connectivity index (χ1v) is 7.03. The Morgan fingerprint density at radius 1 is 1.33 bits per heavy atom. The number of thiazole rings is 1. The zero-order chi connectivity index (χ0) is 12.9. The first-order valence-electron chi connectivity index (χ1n) is 6.21. The largest absolute Gasteiger partial charge is 0.497 e. The molecule has 0 fully saturated rings. The fourth-order valence-corrected chi connectivity index (χ4v) is 4.22. The number of benzene rings is 1. The molecule has 1 aromatic carbocycles. The van der Waals surface area contributed by atoms with Crippen LogP contribution in [0.15, 0.2) is 23.8 Å². The zero-order valence-corrected chi connectivity index (χ0v) is 12.1. The van der Waals surface area contributed by atoms with E-state index in [-0.39, 0.29) is 5.54 Å². The molecular weight excluding hydrogens is 242 g/mol. The molecule has 0 N–H and O–H groups in total. The predicted octanol–water partition coefficient (Wildman–Crippen LogP) is 3.74. The molecule has 2 aromatic rings. The van der Waals surface area contributed by atoms with Gasteiger partial charge in [-0.05, 0) is 19.1 Å². The number of allylic oxidation sites excluding steroid dienone is 1. The van der Waals surface area contributed by atoms with Gasteiger partial charge in [0, 0.05) is 26.3 Å². The summed E-state index contributed by atoms with van der Waals surface area (Å²) in [4.78, 5) is 0. The van der Waals surface area contributed by atoms with Gasteiger partial charge in [-0.15, -0.1) is 0 Å². The minimum absolute atomic E-state index is 0.138. The van der Waals surface area contributed by atoms with Gasteiger partial charge in [0.1, 0.15) is 10.4 Å². The van der Waals surface area contributed by atoms with Gasteiger partial charge in [0.15, 0.2) is 5.54 Å². The molecule has 0 saturated carbocycles. The van der Waals surface area contributed by atoms with E-state index in [0.717, 1.165) is 12.2 Å². The molecule has 0 unspecified atom stereocenters. The van der Waals surface area contributed by atoms with E-state index < -0.39 is 0 Å². The Hall–Kier alpha value is -1.35. The van der Waals surface area contributed by atoms with E-state index in [9.17, 15) is 0 Å². The Bertz CT molecular complexity index is 652. The van der Waals surface area contributed by atoms with Crippen LogP contribution in [0.4, 0.5) is 0 Å². The van der Waals surface area contributed by atoms with Crippen molar-refractivity contribution in [3.05, 3.63) is 28.8 Å². The average Bonchev–Trinajstić information content (AvgIpc) is 2.64. The van der Waals surface area contributed by atoms with E-state index in [2.05, 4.69) is 43.5 Å². The molecule has 0 atom stereocenters. The van der Waals surface area contributed by atoms with Crippen LogP contribution in [-0.2, 0) is 5.54 Å². The van der Waals surface area contributed by atoms with Gasteiger partial charge in [-0.1, -0.05) is 16.9 Å². The van der Waals surface area contributed by atoms with Crippen LogP contribution in [0.25, 0.3) is 16.3 Å². The third kappa shape index (κ3) is 1.65. The number of nitrogens with zero attached hydrogens (tertiary/aromatic N) is 1. The van der Waals surface area contributed by atoms with Gasteiger partial charge >= 0.3 is 0 Å². The summed E-state index contributed by atoms with van der Waals surface area (Å²) in [7, 11) is 1.72. The number of methoxy groups -OCH3 is 1. The van der Waals surface area contributed by atoms with Crippen LogP contribution in [0.1, 0.15) is 32.2 Å². The van der Waals surface area contributed by atoms with Crippen molar-refractivity contribution in [2.45, 2.75) is 32.7 Å². The third-order valence-electron chi connectivity index (χ3n) is 3.53. The van der Waals surface area contributed by atoms with E-state index in [0.29, 0.717) is 0 Å². The lowest BCUT2D eigenvalue weighted by Gasteiger charge is -2.23. The first kappa shape index (κ1) is 11.7. The summed E-state index contributed by atoms with van der Waals surface area (Å²) in [5.41, 5.74) is 2.88. The number of ether oxygens (including phenoxy) is 1. The molecule has 1 aromatic heterocycles. The lowest BCUT2D eigenvalue weighted by Crippen LogP contribution is -2.54. The maximum atomic E-state index is 5.35. The molecule has 3 rings (SSSR count). The maximum absolute atomic E-state index is 5.35. The molecule has 1 aliphatic rings. The molecular formula is C15H18NOS+. The quantitative estimate of drug-likeness (QED) is 0.712. The van der Waals surface area contributed by atoms with Gasteiger partial charge in [-0.2, -0.15) is 4.57 Å². The van der Waals surface area contributed by atoms with Gasteiger partial charge in [-0.3, -0.25) is 0 Å². The lowest BCUT2D eigenvalue weighted by molar-refractivity contribution is -0.733. The number of hydrogen-bond donors (Lipinski definition) is 0. The van der Waals surface area contributed by atoms with Crippen molar-refractivity contribution in [2.24, 2.45) is 0 Å². The number of aromatic nitrogens is 1. The molecule has 3 heteroatoms. The highest BCUT2D eigenvalue weighted by Gasteiger charge is 2.38. The SMILES string of the molecule is COc1ccc2sc3[n+](c2c1)C(C)(C)CC(C)=C3. The van der Waals surface area contributed by atoms with Crippen molar-refractivity contribution in [3.8, 4) is 5.75 Å².